The Hall–Kier alpha value is -2.72. The van der Waals surface area contributed by atoms with Gasteiger partial charge in [-0.25, -0.2) is 22.9 Å². The monoisotopic (exact) mass is 448 g/mol. The van der Waals surface area contributed by atoms with Crippen LogP contribution in [0, 0.1) is 6.92 Å². The van der Waals surface area contributed by atoms with Gasteiger partial charge in [-0.2, -0.15) is 0 Å². The van der Waals surface area contributed by atoms with Gasteiger partial charge in [-0.3, -0.25) is 10.2 Å². The number of rotatable bonds is 8. The maximum absolute atomic E-state index is 12.5. The Morgan fingerprint density at radius 2 is 1.77 bits per heavy atom. The Morgan fingerprint density at radius 1 is 1.10 bits per heavy atom. The largest absolute Gasteiger partial charge is 0.361 e. The lowest BCUT2D eigenvalue weighted by Crippen LogP contribution is -2.49. The molecule has 0 aliphatic carbocycles. The lowest BCUT2D eigenvalue weighted by molar-refractivity contribution is 0.0971. The SMILES string of the molecule is Cc1cc(C(=O)CCCc2ccc(S(=O)(=O)NC(=O)NN3CCCCCC3)cc2)no1. The van der Waals surface area contributed by atoms with Gasteiger partial charge in [-0.05, 0) is 50.3 Å². The zero-order valence-electron chi connectivity index (χ0n) is 17.6. The Balaban J connectivity index is 1.48. The molecule has 1 saturated heterocycles. The fourth-order valence-electron chi connectivity index (χ4n) is 3.44. The summed E-state index contributed by atoms with van der Waals surface area (Å²) in [7, 11) is -3.97. The zero-order chi connectivity index (χ0) is 22.3. The van der Waals surface area contributed by atoms with E-state index in [-0.39, 0.29) is 10.7 Å². The number of carbonyl (C=O) groups excluding carboxylic acids is 2. The average molecular weight is 449 g/mol. The fourth-order valence-corrected chi connectivity index (χ4v) is 4.35. The number of aryl methyl sites for hydroxylation is 2. The molecule has 1 aromatic heterocycles. The molecule has 2 N–H and O–H groups in total. The number of hydrogen-bond donors (Lipinski definition) is 2. The van der Waals surface area contributed by atoms with Crippen molar-refractivity contribution in [2.75, 3.05) is 13.1 Å². The van der Waals surface area contributed by atoms with Gasteiger partial charge >= 0.3 is 6.03 Å². The zero-order valence-corrected chi connectivity index (χ0v) is 18.4. The smallest absolute Gasteiger partial charge is 0.343 e. The number of amides is 2. The van der Waals surface area contributed by atoms with Crippen molar-refractivity contribution in [1.82, 2.24) is 20.3 Å². The summed E-state index contributed by atoms with van der Waals surface area (Å²) in [5, 5.41) is 5.46. The van der Waals surface area contributed by atoms with Crippen LogP contribution in [0.5, 0.6) is 0 Å². The molecule has 1 aliphatic heterocycles. The highest BCUT2D eigenvalue weighted by Crippen LogP contribution is 2.14. The van der Waals surface area contributed by atoms with Crippen LogP contribution in [0.3, 0.4) is 0 Å². The molecule has 31 heavy (non-hydrogen) atoms. The molecule has 0 atom stereocenters. The van der Waals surface area contributed by atoms with Crippen molar-refractivity contribution >= 4 is 21.8 Å². The van der Waals surface area contributed by atoms with E-state index in [1.54, 1.807) is 30.1 Å². The van der Waals surface area contributed by atoms with E-state index in [2.05, 4.69) is 15.3 Å². The van der Waals surface area contributed by atoms with Gasteiger partial charge in [-0.15, -0.1) is 0 Å². The second-order valence-electron chi connectivity index (χ2n) is 7.69. The van der Waals surface area contributed by atoms with Crippen LogP contribution < -0.4 is 10.1 Å². The first-order chi connectivity index (χ1) is 14.8. The molecule has 1 aliphatic rings. The van der Waals surface area contributed by atoms with E-state index in [0.29, 0.717) is 43.8 Å². The standard InChI is InChI=1S/C21H28N4O5S/c1-16-15-19(23-30-16)20(26)8-6-7-17-9-11-18(12-10-17)31(28,29)24-21(27)22-25-13-4-2-3-5-14-25/h9-12,15H,2-8,13-14H2,1H3,(H2,22,24,27). The maximum atomic E-state index is 12.5. The van der Waals surface area contributed by atoms with Gasteiger partial charge < -0.3 is 4.52 Å². The summed E-state index contributed by atoms with van der Waals surface area (Å²) in [5.74, 6) is 0.504. The fraction of sp³-hybridized carbons (Fsp3) is 0.476. The van der Waals surface area contributed by atoms with Gasteiger partial charge in [0.2, 0.25) is 0 Å². The highest BCUT2D eigenvalue weighted by Gasteiger charge is 2.20. The first kappa shape index (κ1) is 23.0. The first-order valence-corrected chi connectivity index (χ1v) is 12.0. The van der Waals surface area contributed by atoms with Gasteiger partial charge in [0.15, 0.2) is 5.78 Å². The number of Topliss-reactive ketones (excluding diaryl/α,β-unsaturated/α-hetero) is 1. The molecule has 0 spiro atoms. The van der Waals surface area contributed by atoms with Gasteiger partial charge in [-0.1, -0.05) is 30.1 Å². The second kappa shape index (κ2) is 10.5. The minimum atomic E-state index is -3.97. The quantitative estimate of drug-likeness (QED) is 0.595. The highest BCUT2D eigenvalue weighted by molar-refractivity contribution is 7.90. The topological polar surface area (TPSA) is 122 Å². The summed E-state index contributed by atoms with van der Waals surface area (Å²) < 4.78 is 31.9. The van der Waals surface area contributed by atoms with Crippen molar-refractivity contribution in [3.05, 3.63) is 47.3 Å². The third-order valence-corrected chi connectivity index (χ3v) is 6.46. The predicted octanol–water partition coefficient (Wildman–Crippen LogP) is 2.97. The molecule has 1 aromatic carbocycles. The van der Waals surface area contributed by atoms with Crippen LogP contribution in [0.1, 0.15) is 60.3 Å². The van der Waals surface area contributed by atoms with Crippen LogP contribution in [-0.2, 0) is 16.4 Å². The number of sulfonamides is 1. The Labute approximate surface area is 182 Å². The number of hydrogen-bond acceptors (Lipinski definition) is 7. The third-order valence-electron chi connectivity index (χ3n) is 5.11. The van der Waals surface area contributed by atoms with Crippen LogP contribution >= 0.6 is 0 Å². The van der Waals surface area contributed by atoms with E-state index in [9.17, 15) is 18.0 Å². The maximum Gasteiger partial charge on any atom is 0.343 e. The lowest BCUT2D eigenvalue weighted by atomic mass is 10.1. The molecule has 2 heterocycles. The third kappa shape index (κ3) is 6.90. The summed E-state index contributed by atoms with van der Waals surface area (Å²) in [6.45, 7) is 3.15. The second-order valence-corrected chi connectivity index (χ2v) is 9.37. The number of carbonyl (C=O) groups is 2. The van der Waals surface area contributed by atoms with Crippen LogP contribution in [0.4, 0.5) is 4.79 Å². The van der Waals surface area contributed by atoms with Gasteiger partial charge in [0, 0.05) is 25.6 Å². The summed E-state index contributed by atoms with van der Waals surface area (Å²) in [6, 6.07) is 7.14. The van der Waals surface area contributed by atoms with Crippen molar-refractivity contribution < 1.29 is 22.5 Å². The molecule has 2 amide bonds. The Bertz CT molecular complexity index is 993. The van der Waals surface area contributed by atoms with Crippen molar-refractivity contribution in [2.24, 2.45) is 0 Å². The molecule has 1 fully saturated rings. The van der Waals surface area contributed by atoms with E-state index in [1.807, 2.05) is 0 Å². The summed E-state index contributed by atoms with van der Waals surface area (Å²) >= 11 is 0. The van der Waals surface area contributed by atoms with Gasteiger partial charge in [0.05, 0.1) is 4.90 Å². The Morgan fingerprint density at radius 3 is 2.39 bits per heavy atom. The van der Waals surface area contributed by atoms with E-state index in [1.165, 1.54) is 12.1 Å². The van der Waals surface area contributed by atoms with E-state index < -0.39 is 16.1 Å². The van der Waals surface area contributed by atoms with Gasteiger partial charge in [0.25, 0.3) is 10.0 Å². The number of aromatic nitrogens is 1. The number of hydrazine groups is 1. The molecule has 9 nitrogen and oxygen atoms in total. The summed E-state index contributed by atoms with van der Waals surface area (Å²) in [5.41, 5.74) is 3.83. The van der Waals surface area contributed by atoms with Gasteiger partial charge in [0.1, 0.15) is 11.5 Å². The number of ketones is 1. The van der Waals surface area contributed by atoms with E-state index >= 15 is 0 Å². The molecule has 0 saturated carbocycles. The first-order valence-electron chi connectivity index (χ1n) is 10.5. The molecule has 0 radical (unpaired) electrons. The predicted molar refractivity (Wildman–Crippen MR) is 114 cm³/mol. The molecule has 2 aromatic rings. The minimum absolute atomic E-state index is 0.0106. The normalized spacial score (nSPS) is 15.3. The molecule has 0 unspecified atom stereocenters. The number of benzene rings is 1. The molecular weight excluding hydrogens is 420 g/mol. The molecule has 10 heteroatoms. The Kier molecular flexibility index (Phi) is 7.80. The molecular formula is C21H28N4O5S. The van der Waals surface area contributed by atoms with Crippen molar-refractivity contribution in [3.63, 3.8) is 0 Å². The molecule has 3 rings (SSSR count). The highest BCUT2D eigenvalue weighted by atomic mass is 32.2. The van der Waals surface area contributed by atoms with E-state index in [4.69, 9.17) is 4.52 Å². The van der Waals surface area contributed by atoms with Crippen molar-refractivity contribution in [1.29, 1.82) is 0 Å². The summed E-state index contributed by atoms with van der Waals surface area (Å²) in [4.78, 5) is 24.2. The van der Waals surface area contributed by atoms with Crippen molar-refractivity contribution in [2.45, 2.75) is 56.8 Å². The average Bonchev–Trinajstić information content (AvgIpc) is 3.00. The lowest BCUT2D eigenvalue weighted by Gasteiger charge is -2.20. The van der Waals surface area contributed by atoms with E-state index in [0.717, 1.165) is 31.2 Å². The van der Waals surface area contributed by atoms with Crippen LogP contribution in [0.25, 0.3) is 0 Å². The number of nitrogens with zero attached hydrogens (tertiary/aromatic N) is 2. The van der Waals surface area contributed by atoms with Crippen LogP contribution in [-0.4, -0.2) is 43.5 Å². The van der Waals surface area contributed by atoms with Crippen LogP contribution in [0.2, 0.25) is 0 Å². The number of nitrogens with one attached hydrogen (secondary N) is 2. The van der Waals surface area contributed by atoms with Crippen molar-refractivity contribution in [3.8, 4) is 0 Å². The minimum Gasteiger partial charge on any atom is -0.361 e. The summed E-state index contributed by atoms with van der Waals surface area (Å²) in [6.07, 6.45) is 5.71. The molecule has 168 valence electrons. The van der Waals surface area contributed by atoms with Crippen LogP contribution in [0.15, 0.2) is 39.8 Å². The molecule has 0 bridgehead atoms. The number of urea groups is 1.